The first-order chi connectivity index (χ1) is 5.22. The van der Waals surface area contributed by atoms with Crippen molar-refractivity contribution in [3.63, 3.8) is 0 Å². The highest BCUT2D eigenvalue weighted by Crippen LogP contribution is 2.14. The molecule has 66 valence electrons. The molecule has 0 bridgehead atoms. The van der Waals surface area contributed by atoms with Crippen LogP contribution in [0, 0.1) is 5.92 Å². The van der Waals surface area contributed by atoms with E-state index in [1.807, 2.05) is 0 Å². The minimum absolute atomic E-state index is 0.243. The minimum Gasteiger partial charge on any atom is -0.396 e. The van der Waals surface area contributed by atoms with Crippen LogP contribution in [0.4, 0.5) is 0 Å². The molecule has 1 aliphatic rings. The Balaban J connectivity index is 2.19. The van der Waals surface area contributed by atoms with Crippen LogP contribution in [0.2, 0.25) is 0 Å². The smallest absolute Gasteiger partial charge is 0.0639 e. The third kappa shape index (κ3) is 2.77. The van der Waals surface area contributed by atoms with E-state index in [4.69, 9.17) is 10.2 Å². The fourth-order valence-corrected chi connectivity index (χ4v) is 1.60. The van der Waals surface area contributed by atoms with Crippen LogP contribution in [-0.4, -0.2) is 47.5 Å². The van der Waals surface area contributed by atoms with Crippen molar-refractivity contribution in [3.8, 4) is 0 Å². The molecule has 0 aromatic heterocycles. The molecule has 1 saturated heterocycles. The highest BCUT2D eigenvalue weighted by atomic mass is 16.3. The van der Waals surface area contributed by atoms with Gasteiger partial charge in [0.2, 0.25) is 0 Å². The first kappa shape index (κ1) is 8.97. The Kier molecular flexibility index (Phi) is 3.30. The SMILES string of the molecule is C[C@H](O)CN1CCC(CO)C1. The average molecular weight is 159 g/mol. The Morgan fingerprint density at radius 3 is 2.82 bits per heavy atom. The van der Waals surface area contributed by atoms with Gasteiger partial charge in [0.25, 0.3) is 0 Å². The summed E-state index contributed by atoms with van der Waals surface area (Å²) in [5.74, 6) is 0.439. The second-order valence-corrected chi connectivity index (χ2v) is 3.45. The van der Waals surface area contributed by atoms with E-state index in [9.17, 15) is 0 Å². The molecule has 3 heteroatoms. The number of hydrogen-bond donors (Lipinski definition) is 2. The summed E-state index contributed by atoms with van der Waals surface area (Å²) in [5, 5.41) is 17.9. The molecule has 0 amide bonds. The van der Waals surface area contributed by atoms with E-state index >= 15 is 0 Å². The second kappa shape index (κ2) is 4.04. The quantitative estimate of drug-likeness (QED) is 0.593. The van der Waals surface area contributed by atoms with Crippen LogP contribution in [0.5, 0.6) is 0 Å². The topological polar surface area (TPSA) is 43.7 Å². The zero-order valence-corrected chi connectivity index (χ0v) is 7.03. The molecule has 1 heterocycles. The molecule has 1 rings (SSSR count). The van der Waals surface area contributed by atoms with Crippen molar-refractivity contribution < 1.29 is 10.2 Å². The van der Waals surface area contributed by atoms with Gasteiger partial charge < -0.3 is 15.1 Å². The number of β-amino-alcohol motifs (C(OH)–C–C–N with tert-alkyl or cyclic N) is 1. The van der Waals surface area contributed by atoms with Gasteiger partial charge >= 0.3 is 0 Å². The summed E-state index contributed by atoms with van der Waals surface area (Å²) in [4.78, 5) is 2.20. The summed E-state index contributed by atoms with van der Waals surface area (Å²) in [7, 11) is 0. The average Bonchev–Trinajstić information content (AvgIpc) is 2.34. The monoisotopic (exact) mass is 159 g/mol. The largest absolute Gasteiger partial charge is 0.396 e. The van der Waals surface area contributed by atoms with Crippen molar-refractivity contribution in [3.05, 3.63) is 0 Å². The van der Waals surface area contributed by atoms with Crippen molar-refractivity contribution in [2.45, 2.75) is 19.4 Å². The van der Waals surface area contributed by atoms with E-state index in [-0.39, 0.29) is 12.7 Å². The van der Waals surface area contributed by atoms with Gasteiger partial charge in [-0.25, -0.2) is 0 Å². The number of rotatable bonds is 3. The van der Waals surface area contributed by atoms with Crippen LogP contribution in [0.25, 0.3) is 0 Å². The van der Waals surface area contributed by atoms with Crippen molar-refractivity contribution in [2.24, 2.45) is 5.92 Å². The maximum atomic E-state index is 9.07. The Bertz CT molecular complexity index is 117. The van der Waals surface area contributed by atoms with Crippen LogP contribution in [0.3, 0.4) is 0 Å². The number of nitrogens with zero attached hydrogens (tertiary/aromatic N) is 1. The molecule has 0 radical (unpaired) electrons. The molecule has 0 spiro atoms. The van der Waals surface area contributed by atoms with Crippen molar-refractivity contribution in [2.75, 3.05) is 26.2 Å². The maximum Gasteiger partial charge on any atom is 0.0639 e. The van der Waals surface area contributed by atoms with Crippen LogP contribution in [0.15, 0.2) is 0 Å². The van der Waals surface area contributed by atoms with E-state index in [0.717, 1.165) is 26.1 Å². The standard InChI is InChI=1S/C8H17NO2/c1-7(11)4-9-3-2-8(5-9)6-10/h7-8,10-11H,2-6H2,1H3/t7-,8?/m0/s1. The maximum absolute atomic E-state index is 9.07. The lowest BCUT2D eigenvalue weighted by atomic mass is 10.1. The molecule has 1 unspecified atom stereocenters. The summed E-state index contributed by atoms with van der Waals surface area (Å²) in [6, 6.07) is 0. The molecule has 1 aliphatic heterocycles. The van der Waals surface area contributed by atoms with E-state index in [1.165, 1.54) is 0 Å². The summed E-state index contributed by atoms with van der Waals surface area (Å²) >= 11 is 0. The first-order valence-corrected chi connectivity index (χ1v) is 4.23. The van der Waals surface area contributed by atoms with Gasteiger partial charge in [-0.15, -0.1) is 0 Å². The van der Waals surface area contributed by atoms with Gasteiger partial charge in [-0.3, -0.25) is 0 Å². The molecule has 11 heavy (non-hydrogen) atoms. The Morgan fingerprint density at radius 1 is 1.64 bits per heavy atom. The summed E-state index contributed by atoms with van der Waals surface area (Å²) in [6.07, 6.45) is 0.830. The van der Waals surface area contributed by atoms with Gasteiger partial charge in [0.1, 0.15) is 0 Å². The highest BCUT2D eigenvalue weighted by Gasteiger charge is 2.21. The van der Waals surface area contributed by atoms with Gasteiger partial charge in [0.15, 0.2) is 0 Å². The molecule has 2 atom stereocenters. The van der Waals surface area contributed by atoms with Crippen LogP contribution >= 0.6 is 0 Å². The molecule has 0 saturated carbocycles. The summed E-state index contributed by atoms with van der Waals surface area (Å²) in [5.41, 5.74) is 0. The number of likely N-dealkylation sites (tertiary alicyclic amines) is 1. The predicted molar refractivity (Wildman–Crippen MR) is 43.3 cm³/mol. The Morgan fingerprint density at radius 2 is 2.36 bits per heavy atom. The third-order valence-electron chi connectivity index (χ3n) is 2.15. The van der Waals surface area contributed by atoms with E-state index < -0.39 is 0 Å². The summed E-state index contributed by atoms with van der Waals surface area (Å²) < 4.78 is 0. The van der Waals surface area contributed by atoms with E-state index in [1.54, 1.807) is 6.92 Å². The lowest BCUT2D eigenvalue weighted by Crippen LogP contribution is -2.29. The Hall–Kier alpha value is -0.120. The zero-order chi connectivity index (χ0) is 8.27. The number of aliphatic hydroxyl groups is 2. The normalized spacial score (nSPS) is 29.2. The molecule has 0 aliphatic carbocycles. The number of hydrogen-bond acceptors (Lipinski definition) is 3. The highest BCUT2D eigenvalue weighted by molar-refractivity contribution is 4.75. The molecule has 3 nitrogen and oxygen atoms in total. The van der Waals surface area contributed by atoms with Crippen LogP contribution in [-0.2, 0) is 0 Å². The van der Waals surface area contributed by atoms with Crippen molar-refractivity contribution in [1.82, 2.24) is 4.90 Å². The van der Waals surface area contributed by atoms with Gasteiger partial charge in [-0.1, -0.05) is 0 Å². The van der Waals surface area contributed by atoms with Gasteiger partial charge in [0, 0.05) is 19.7 Å². The molecule has 0 aromatic rings. The fraction of sp³-hybridized carbons (Fsp3) is 1.00. The fourth-order valence-electron chi connectivity index (χ4n) is 1.60. The van der Waals surface area contributed by atoms with E-state index in [2.05, 4.69) is 4.90 Å². The first-order valence-electron chi connectivity index (χ1n) is 4.23. The van der Waals surface area contributed by atoms with Crippen LogP contribution < -0.4 is 0 Å². The molecular weight excluding hydrogens is 142 g/mol. The van der Waals surface area contributed by atoms with Crippen LogP contribution in [0.1, 0.15) is 13.3 Å². The Labute approximate surface area is 67.6 Å². The number of aliphatic hydroxyl groups excluding tert-OH is 2. The molecule has 2 N–H and O–H groups in total. The van der Waals surface area contributed by atoms with Gasteiger partial charge in [-0.05, 0) is 25.8 Å². The molecule has 0 aromatic carbocycles. The molecular formula is C8H17NO2. The third-order valence-corrected chi connectivity index (χ3v) is 2.15. The zero-order valence-electron chi connectivity index (χ0n) is 7.03. The van der Waals surface area contributed by atoms with Crippen molar-refractivity contribution >= 4 is 0 Å². The lowest BCUT2D eigenvalue weighted by molar-refractivity contribution is 0.134. The predicted octanol–water partition coefficient (Wildman–Crippen LogP) is -0.319. The summed E-state index contributed by atoms with van der Waals surface area (Å²) in [6.45, 7) is 4.80. The van der Waals surface area contributed by atoms with Gasteiger partial charge in [-0.2, -0.15) is 0 Å². The van der Waals surface area contributed by atoms with Crippen molar-refractivity contribution in [1.29, 1.82) is 0 Å². The second-order valence-electron chi connectivity index (χ2n) is 3.45. The molecule has 1 fully saturated rings. The minimum atomic E-state index is -0.243. The van der Waals surface area contributed by atoms with Gasteiger partial charge in [0.05, 0.1) is 6.10 Å². The lowest BCUT2D eigenvalue weighted by Gasteiger charge is -2.16. The van der Waals surface area contributed by atoms with E-state index in [0.29, 0.717) is 5.92 Å².